The SMILES string of the molecule is C=CCn1c(SCC(=O)Nc2cccc(OC)c2)nnc1C(C)Oc1ccc(C)cc1C. The van der Waals surface area contributed by atoms with Crippen molar-refractivity contribution in [2.75, 3.05) is 18.2 Å². The maximum atomic E-state index is 12.4. The molecule has 0 aliphatic heterocycles. The fraction of sp³-hybridized carbons (Fsp3) is 0.292. The van der Waals surface area contributed by atoms with Crippen molar-refractivity contribution in [2.45, 2.75) is 38.6 Å². The van der Waals surface area contributed by atoms with Crippen LogP contribution in [0.1, 0.15) is 30.0 Å². The first-order chi connectivity index (χ1) is 15.4. The summed E-state index contributed by atoms with van der Waals surface area (Å²) in [6.45, 7) is 10.4. The van der Waals surface area contributed by atoms with Crippen molar-refractivity contribution in [3.05, 3.63) is 72.1 Å². The van der Waals surface area contributed by atoms with Crippen LogP contribution in [0.25, 0.3) is 0 Å². The average Bonchev–Trinajstić information content (AvgIpc) is 3.17. The molecule has 1 atom stereocenters. The lowest BCUT2D eigenvalue weighted by Gasteiger charge is -2.17. The van der Waals surface area contributed by atoms with Gasteiger partial charge in [0.05, 0.1) is 12.9 Å². The number of ether oxygens (including phenoxy) is 2. The van der Waals surface area contributed by atoms with Crippen molar-refractivity contribution in [1.29, 1.82) is 0 Å². The summed E-state index contributed by atoms with van der Waals surface area (Å²) in [5.74, 6) is 2.23. The van der Waals surface area contributed by atoms with Crippen LogP contribution in [0.15, 0.2) is 60.3 Å². The quantitative estimate of drug-likeness (QED) is 0.346. The Morgan fingerprint density at radius 3 is 2.78 bits per heavy atom. The molecule has 0 fully saturated rings. The van der Waals surface area contributed by atoms with Crippen molar-refractivity contribution in [2.24, 2.45) is 0 Å². The largest absolute Gasteiger partial charge is 0.497 e. The number of amides is 1. The number of aryl methyl sites for hydroxylation is 2. The zero-order valence-corrected chi connectivity index (χ0v) is 19.6. The van der Waals surface area contributed by atoms with E-state index in [4.69, 9.17) is 9.47 Å². The second kappa shape index (κ2) is 10.9. The lowest BCUT2D eigenvalue weighted by Crippen LogP contribution is -2.15. The minimum Gasteiger partial charge on any atom is -0.497 e. The summed E-state index contributed by atoms with van der Waals surface area (Å²) in [6, 6.07) is 13.3. The molecule has 32 heavy (non-hydrogen) atoms. The van der Waals surface area contributed by atoms with Gasteiger partial charge in [-0.2, -0.15) is 0 Å². The minimum absolute atomic E-state index is 0.141. The van der Waals surface area contributed by atoms with E-state index in [0.29, 0.717) is 29.0 Å². The maximum Gasteiger partial charge on any atom is 0.234 e. The van der Waals surface area contributed by atoms with Crippen molar-refractivity contribution < 1.29 is 14.3 Å². The van der Waals surface area contributed by atoms with E-state index in [1.165, 1.54) is 17.3 Å². The zero-order valence-electron chi connectivity index (χ0n) is 18.8. The topological polar surface area (TPSA) is 78.3 Å². The van der Waals surface area contributed by atoms with E-state index in [-0.39, 0.29) is 17.8 Å². The predicted molar refractivity (Wildman–Crippen MR) is 128 cm³/mol. The van der Waals surface area contributed by atoms with E-state index in [2.05, 4.69) is 35.1 Å². The standard InChI is InChI=1S/C24H28N4O3S/c1-6-12-28-23(18(4)31-21-11-10-16(2)13-17(21)3)26-27-24(28)32-15-22(29)25-19-8-7-9-20(14-19)30-5/h6-11,13-14,18H,1,12,15H2,2-5H3,(H,25,29). The molecule has 0 saturated carbocycles. The second-order valence-electron chi connectivity index (χ2n) is 7.34. The van der Waals surface area contributed by atoms with Crippen molar-refractivity contribution in [1.82, 2.24) is 14.8 Å². The summed E-state index contributed by atoms with van der Waals surface area (Å²) < 4.78 is 13.3. The molecule has 1 unspecified atom stereocenters. The molecule has 0 spiro atoms. The number of carbonyl (C=O) groups is 1. The molecule has 1 aromatic heterocycles. The third kappa shape index (κ3) is 5.91. The molecule has 0 saturated heterocycles. The van der Waals surface area contributed by atoms with Crippen molar-refractivity contribution in [3.63, 3.8) is 0 Å². The van der Waals surface area contributed by atoms with Gasteiger partial charge < -0.3 is 14.8 Å². The number of anilines is 1. The fourth-order valence-electron chi connectivity index (χ4n) is 3.21. The Labute approximate surface area is 192 Å². The number of benzene rings is 2. The van der Waals surface area contributed by atoms with E-state index >= 15 is 0 Å². The summed E-state index contributed by atoms with van der Waals surface area (Å²) in [5, 5.41) is 12.1. The van der Waals surface area contributed by atoms with Gasteiger partial charge in [-0.3, -0.25) is 9.36 Å². The van der Waals surface area contributed by atoms with E-state index in [0.717, 1.165) is 11.3 Å². The normalized spacial score (nSPS) is 11.6. The van der Waals surface area contributed by atoms with Gasteiger partial charge in [0.15, 0.2) is 17.1 Å². The molecule has 8 heteroatoms. The van der Waals surface area contributed by atoms with Gasteiger partial charge in [0.2, 0.25) is 5.91 Å². The van der Waals surface area contributed by atoms with Crippen LogP contribution in [-0.2, 0) is 11.3 Å². The highest BCUT2D eigenvalue weighted by Crippen LogP contribution is 2.27. The van der Waals surface area contributed by atoms with Gasteiger partial charge in [-0.05, 0) is 44.5 Å². The molecule has 3 aromatic rings. The summed E-state index contributed by atoms with van der Waals surface area (Å²) in [4.78, 5) is 12.4. The van der Waals surface area contributed by atoms with Crippen LogP contribution >= 0.6 is 11.8 Å². The number of aromatic nitrogens is 3. The Bertz CT molecular complexity index is 1100. The number of thioether (sulfide) groups is 1. The van der Waals surface area contributed by atoms with Crippen LogP contribution in [0, 0.1) is 13.8 Å². The Morgan fingerprint density at radius 1 is 1.25 bits per heavy atom. The highest BCUT2D eigenvalue weighted by atomic mass is 32.2. The number of nitrogens with zero attached hydrogens (tertiary/aromatic N) is 3. The summed E-state index contributed by atoms with van der Waals surface area (Å²) in [7, 11) is 1.59. The maximum absolute atomic E-state index is 12.4. The molecule has 0 aliphatic carbocycles. The Kier molecular flexibility index (Phi) is 7.94. The number of allylic oxidation sites excluding steroid dienone is 1. The molecule has 1 amide bonds. The predicted octanol–water partition coefficient (Wildman–Crippen LogP) is 4.96. The van der Waals surface area contributed by atoms with Crippen molar-refractivity contribution in [3.8, 4) is 11.5 Å². The van der Waals surface area contributed by atoms with Crippen LogP contribution in [0.5, 0.6) is 11.5 Å². The van der Waals surface area contributed by atoms with Crippen molar-refractivity contribution >= 4 is 23.4 Å². The van der Waals surface area contributed by atoms with Crippen LogP contribution < -0.4 is 14.8 Å². The fourth-order valence-corrected chi connectivity index (χ4v) is 3.97. The summed E-state index contributed by atoms with van der Waals surface area (Å²) in [6.07, 6.45) is 1.46. The Balaban J connectivity index is 1.68. The van der Waals surface area contributed by atoms with E-state index in [1.807, 2.05) is 48.7 Å². The molecule has 3 rings (SSSR count). The van der Waals surface area contributed by atoms with Gasteiger partial charge in [-0.25, -0.2) is 0 Å². The van der Waals surface area contributed by atoms with Gasteiger partial charge in [-0.1, -0.05) is 41.6 Å². The molecular formula is C24H28N4O3S. The summed E-state index contributed by atoms with van der Waals surface area (Å²) >= 11 is 1.32. The molecule has 0 bridgehead atoms. The van der Waals surface area contributed by atoms with Crippen LogP contribution in [-0.4, -0.2) is 33.5 Å². The second-order valence-corrected chi connectivity index (χ2v) is 8.28. The highest BCUT2D eigenvalue weighted by Gasteiger charge is 2.20. The van der Waals surface area contributed by atoms with Crippen LogP contribution in [0.3, 0.4) is 0 Å². The molecule has 1 heterocycles. The van der Waals surface area contributed by atoms with Gasteiger partial charge in [0, 0.05) is 18.3 Å². The van der Waals surface area contributed by atoms with E-state index in [1.54, 1.807) is 19.3 Å². The lowest BCUT2D eigenvalue weighted by atomic mass is 10.1. The number of rotatable bonds is 10. The minimum atomic E-state index is -0.316. The number of hydrogen-bond acceptors (Lipinski definition) is 6. The molecule has 0 aliphatic rings. The number of nitrogens with one attached hydrogen (secondary N) is 1. The van der Waals surface area contributed by atoms with Gasteiger partial charge in [-0.15, -0.1) is 16.8 Å². The van der Waals surface area contributed by atoms with E-state index < -0.39 is 0 Å². The van der Waals surface area contributed by atoms with Gasteiger partial charge >= 0.3 is 0 Å². The lowest BCUT2D eigenvalue weighted by molar-refractivity contribution is -0.113. The first-order valence-electron chi connectivity index (χ1n) is 10.3. The molecule has 1 N–H and O–H groups in total. The number of methoxy groups -OCH3 is 1. The Morgan fingerprint density at radius 2 is 2.06 bits per heavy atom. The molecule has 168 valence electrons. The first-order valence-corrected chi connectivity index (χ1v) is 11.2. The smallest absolute Gasteiger partial charge is 0.234 e. The molecule has 2 aromatic carbocycles. The zero-order chi connectivity index (χ0) is 23.1. The van der Waals surface area contributed by atoms with Crippen LogP contribution in [0.2, 0.25) is 0 Å². The monoisotopic (exact) mass is 452 g/mol. The number of hydrogen-bond donors (Lipinski definition) is 1. The van der Waals surface area contributed by atoms with Gasteiger partial charge in [0.25, 0.3) is 0 Å². The number of carbonyl (C=O) groups excluding carboxylic acids is 1. The van der Waals surface area contributed by atoms with Gasteiger partial charge in [0.1, 0.15) is 11.5 Å². The third-order valence-corrected chi connectivity index (χ3v) is 5.71. The molecule has 0 radical (unpaired) electrons. The first kappa shape index (κ1) is 23.4. The van der Waals surface area contributed by atoms with Crippen LogP contribution in [0.4, 0.5) is 5.69 Å². The molecular weight excluding hydrogens is 424 g/mol. The van der Waals surface area contributed by atoms with E-state index in [9.17, 15) is 4.79 Å². The highest BCUT2D eigenvalue weighted by molar-refractivity contribution is 7.99. The molecule has 7 nitrogen and oxygen atoms in total. The average molecular weight is 453 g/mol. The summed E-state index contributed by atoms with van der Waals surface area (Å²) in [5.41, 5.74) is 2.93. The third-order valence-electron chi connectivity index (χ3n) is 4.74. The Hall–Kier alpha value is -3.26.